The quantitative estimate of drug-likeness (QED) is 0.744. The number of benzene rings is 1. The standard InChI is InChI=1S/C14H15NO2/c1-2-3-6-11-7-4-5-8-12(11)15-13(16)9-10-14(15)17/h4-5,7-10H,2-3,6H2,1H3. The molecule has 0 saturated carbocycles. The largest absolute Gasteiger partial charge is 0.269 e. The van der Waals surface area contributed by atoms with Gasteiger partial charge < -0.3 is 0 Å². The van der Waals surface area contributed by atoms with E-state index in [0.717, 1.165) is 30.5 Å². The Hall–Kier alpha value is -1.90. The maximum Gasteiger partial charge on any atom is 0.258 e. The number of aryl methyl sites for hydroxylation is 1. The molecule has 0 radical (unpaired) electrons. The van der Waals surface area contributed by atoms with Crippen LogP contribution in [0.4, 0.5) is 5.69 Å². The van der Waals surface area contributed by atoms with E-state index < -0.39 is 0 Å². The van der Waals surface area contributed by atoms with Gasteiger partial charge >= 0.3 is 0 Å². The molecule has 1 heterocycles. The fourth-order valence-electron chi connectivity index (χ4n) is 1.95. The van der Waals surface area contributed by atoms with Gasteiger partial charge in [0.15, 0.2) is 0 Å². The predicted octanol–water partition coefficient (Wildman–Crippen LogP) is 2.46. The lowest BCUT2D eigenvalue weighted by atomic mass is 10.1. The Morgan fingerprint density at radius 2 is 1.71 bits per heavy atom. The molecule has 1 aliphatic rings. The topological polar surface area (TPSA) is 37.4 Å². The van der Waals surface area contributed by atoms with Crippen molar-refractivity contribution in [1.82, 2.24) is 0 Å². The number of hydrogen-bond donors (Lipinski definition) is 0. The van der Waals surface area contributed by atoms with Gasteiger partial charge in [-0.25, -0.2) is 4.90 Å². The van der Waals surface area contributed by atoms with Crippen LogP contribution in [-0.4, -0.2) is 11.8 Å². The van der Waals surface area contributed by atoms with Crippen molar-refractivity contribution in [2.75, 3.05) is 4.90 Å². The monoisotopic (exact) mass is 229 g/mol. The number of carbonyl (C=O) groups excluding carboxylic acids is 2. The Labute approximate surface area is 101 Å². The average molecular weight is 229 g/mol. The molecule has 0 aliphatic carbocycles. The van der Waals surface area contributed by atoms with E-state index in [-0.39, 0.29) is 11.8 Å². The summed E-state index contributed by atoms with van der Waals surface area (Å²) in [6, 6.07) is 7.59. The van der Waals surface area contributed by atoms with Gasteiger partial charge in [0.1, 0.15) is 0 Å². The highest BCUT2D eigenvalue weighted by molar-refractivity contribution is 6.28. The lowest BCUT2D eigenvalue weighted by Gasteiger charge is -2.17. The minimum atomic E-state index is -0.251. The number of carbonyl (C=O) groups is 2. The van der Waals surface area contributed by atoms with Gasteiger partial charge in [0.2, 0.25) is 0 Å². The number of imide groups is 1. The van der Waals surface area contributed by atoms with Crippen LogP contribution in [0.25, 0.3) is 0 Å². The van der Waals surface area contributed by atoms with Crippen LogP contribution in [0.2, 0.25) is 0 Å². The van der Waals surface area contributed by atoms with Crippen LogP contribution >= 0.6 is 0 Å². The molecule has 3 heteroatoms. The molecule has 0 N–H and O–H groups in total. The van der Waals surface area contributed by atoms with Gasteiger partial charge in [-0.15, -0.1) is 0 Å². The fourth-order valence-corrected chi connectivity index (χ4v) is 1.95. The molecular formula is C14H15NO2. The molecule has 3 nitrogen and oxygen atoms in total. The Balaban J connectivity index is 2.31. The lowest BCUT2D eigenvalue weighted by molar-refractivity contribution is -0.119. The van der Waals surface area contributed by atoms with Crippen molar-refractivity contribution in [2.45, 2.75) is 26.2 Å². The van der Waals surface area contributed by atoms with Crippen molar-refractivity contribution >= 4 is 17.5 Å². The highest BCUT2D eigenvalue weighted by Gasteiger charge is 2.26. The number of amides is 2. The first-order valence-corrected chi connectivity index (χ1v) is 5.88. The fraction of sp³-hybridized carbons (Fsp3) is 0.286. The summed E-state index contributed by atoms with van der Waals surface area (Å²) in [7, 11) is 0. The van der Waals surface area contributed by atoms with Gasteiger partial charge in [0.05, 0.1) is 5.69 Å². The molecule has 0 aromatic heterocycles. The number of rotatable bonds is 4. The second-order valence-corrected chi connectivity index (χ2v) is 4.08. The third-order valence-electron chi connectivity index (χ3n) is 2.84. The van der Waals surface area contributed by atoms with E-state index in [1.54, 1.807) is 0 Å². The number of unbranched alkanes of at least 4 members (excludes halogenated alkanes) is 1. The molecule has 0 atom stereocenters. The third-order valence-corrected chi connectivity index (χ3v) is 2.84. The minimum Gasteiger partial charge on any atom is -0.269 e. The maximum atomic E-state index is 11.6. The Morgan fingerprint density at radius 3 is 2.35 bits per heavy atom. The summed E-state index contributed by atoms with van der Waals surface area (Å²) in [5.41, 5.74) is 1.78. The van der Waals surface area contributed by atoms with Crippen LogP contribution in [0, 0.1) is 0 Å². The van der Waals surface area contributed by atoms with Crippen LogP contribution in [0.3, 0.4) is 0 Å². The zero-order valence-corrected chi connectivity index (χ0v) is 9.85. The third kappa shape index (κ3) is 2.28. The van der Waals surface area contributed by atoms with Crippen LogP contribution in [-0.2, 0) is 16.0 Å². The second kappa shape index (κ2) is 4.95. The summed E-state index contributed by atoms with van der Waals surface area (Å²) in [5, 5.41) is 0. The van der Waals surface area contributed by atoms with Crippen molar-refractivity contribution in [2.24, 2.45) is 0 Å². The van der Waals surface area contributed by atoms with E-state index in [2.05, 4.69) is 6.92 Å². The minimum absolute atomic E-state index is 0.251. The normalized spacial score (nSPS) is 14.8. The first kappa shape index (κ1) is 11.6. The number of hydrogen-bond acceptors (Lipinski definition) is 2. The highest BCUT2D eigenvalue weighted by Crippen LogP contribution is 2.25. The summed E-state index contributed by atoms with van der Waals surface area (Å²) in [5.74, 6) is -0.502. The SMILES string of the molecule is CCCCc1ccccc1N1C(=O)C=CC1=O. The van der Waals surface area contributed by atoms with E-state index >= 15 is 0 Å². The number of para-hydroxylation sites is 1. The van der Waals surface area contributed by atoms with Crippen molar-refractivity contribution in [1.29, 1.82) is 0 Å². The van der Waals surface area contributed by atoms with Crippen molar-refractivity contribution in [3.63, 3.8) is 0 Å². The highest BCUT2D eigenvalue weighted by atomic mass is 16.2. The maximum absolute atomic E-state index is 11.6. The first-order valence-electron chi connectivity index (χ1n) is 5.88. The molecule has 0 bridgehead atoms. The first-order chi connectivity index (χ1) is 8.24. The smallest absolute Gasteiger partial charge is 0.258 e. The van der Waals surface area contributed by atoms with Crippen LogP contribution in [0.1, 0.15) is 25.3 Å². The van der Waals surface area contributed by atoms with Gasteiger partial charge in [-0.3, -0.25) is 9.59 Å². The van der Waals surface area contributed by atoms with Crippen LogP contribution < -0.4 is 4.90 Å². The number of nitrogens with zero attached hydrogens (tertiary/aromatic N) is 1. The zero-order chi connectivity index (χ0) is 12.3. The van der Waals surface area contributed by atoms with E-state index in [1.807, 2.05) is 24.3 Å². The summed E-state index contributed by atoms with van der Waals surface area (Å²) in [6.45, 7) is 2.12. The number of anilines is 1. The van der Waals surface area contributed by atoms with Gasteiger partial charge in [-0.2, -0.15) is 0 Å². The molecule has 0 saturated heterocycles. The Morgan fingerprint density at radius 1 is 1.06 bits per heavy atom. The zero-order valence-electron chi connectivity index (χ0n) is 9.85. The van der Waals surface area contributed by atoms with Crippen molar-refractivity contribution in [3.8, 4) is 0 Å². The van der Waals surface area contributed by atoms with Gasteiger partial charge in [0, 0.05) is 12.2 Å². The average Bonchev–Trinajstić information content (AvgIpc) is 2.67. The lowest BCUT2D eigenvalue weighted by Crippen LogP contribution is -2.30. The van der Waals surface area contributed by atoms with Gasteiger partial charge in [-0.1, -0.05) is 31.5 Å². The van der Waals surface area contributed by atoms with E-state index in [4.69, 9.17) is 0 Å². The molecule has 0 fully saturated rings. The molecular weight excluding hydrogens is 214 g/mol. The summed E-state index contributed by atoms with van der Waals surface area (Å²) in [4.78, 5) is 24.5. The predicted molar refractivity (Wildman–Crippen MR) is 66.7 cm³/mol. The van der Waals surface area contributed by atoms with Gasteiger partial charge in [0.25, 0.3) is 11.8 Å². The van der Waals surface area contributed by atoms with Gasteiger partial charge in [-0.05, 0) is 24.5 Å². The molecule has 17 heavy (non-hydrogen) atoms. The molecule has 1 aromatic rings. The molecule has 0 unspecified atom stereocenters. The van der Waals surface area contributed by atoms with Crippen molar-refractivity contribution in [3.05, 3.63) is 42.0 Å². The van der Waals surface area contributed by atoms with Crippen molar-refractivity contribution < 1.29 is 9.59 Å². The Kier molecular flexibility index (Phi) is 3.38. The molecule has 88 valence electrons. The second-order valence-electron chi connectivity index (χ2n) is 4.08. The molecule has 1 aliphatic heterocycles. The summed E-state index contributed by atoms with van der Waals surface area (Å²) >= 11 is 0. The van der Waals surface area contributed by atoms with E-state index in [1.165, 1.54) is 17.1 Å². The van der Waals surface area contributed by atoms with E-state index in [9.17, 15) is 9.59 Å². The molecule has 2 rings (SSSR count). The summed E-state index contributed by atoms with van der Waals surface area (Å²) in [6.07, 6.45) is 5.68. The molecule has 0 spiro atoms. The summed E-state index contributed by atoms with van der Waals surface area (Å²) < 4.78 is 0. The Bertz CT molecular complexity index is 459. The molecule has 2 amide bonds. The van der Waals surface area contributed by atoms with Crippen LogP contribution in [0.5, 0.6) is 0 Å². The van der Waals surface area contributed by atoms with E-state index in [0.29, 0.717) is 0 Å². The van der Waals surface area contributed by atoms with Crippen LogP contribution in [0.15, 0.2) is 36.4 Å². The molecule has 1 aromatic carbocycles.